The molecule has 2 aromatic heterocycles. The average Bonchev–Trinajstić information content (AvgIpc) is 2.99. The fraction of sp³-hybridized carbons (Fsp3) is 0.152. The summed E-state index contributed by atoms with van der Waals surface area (Å²) < 4.78 is 52.1. The SMILES string of the molecule is C[Si](C)(C)c1ccc(-c2[c-]cccc2)nc1.[2H]C([2H])([2H])c1cnc(-c2[c-]ccc3c2Oc2ccccc2S3)cc1C([2H])([2H])[2H].[Ir]. The van der Waals surface area contributed by atoms with Crippen molar-refractivity contribution in [3.05, 3.63) is 115 Å². The van der Waals surface area contributed by atoms with Gasteiger partial charge in [-0.2, -0.15) is 0 Å². The molecule has 39 heavy (non-hydrogen) atoms. The minimum atomic E-state index is -2.58. The van der Waals surface area contributed by atoms with Gasteiger partial charge in [0.25, 0.3) is 0 Å². The first kappa shape index (κ1) is 21.8. The van der Waals surface area contributed by atoms with Crippen LogP contribution in [-0.4, -0.2) is 18.0 Å². The third-order valence-corrected chi connectivity index (χ3v) is 9.10. The van der Waals surface area contributed by atoms with E-state index in [9.17, 15) is 0 Å². The Labute approximate surface area is 258 Å². The fourth-order valence-corrected chi connectivity index (χ4v) is 5.83. The van der Waals surface area contributed by atoms with Crippen LogP contribution in [0.15, 0.2) is 101 Å². The number of fused-ring (bicyclic) bond motifs is 2. The van der Waals surface area contributed by atoms with E-state index in [2.05, 4.69) is 53.9 Å². The van der Waals surface area contributed by atoms with Crippen molar-refractivity contribution in [2.75, 3.05) is 0 Å². The Bertz CT molecular complexity index is 1780. The van der Waals surface area contributed by atoms with Crippen LogP contribution in [0.5, 0.6) is 11.5 Å². The third kappa shape index (κ3) is 6.77. The van der Waals surface area contributed by atoms with Crippen LogP contribution < -0.4 is 9.92 Å². The molecule has 0 spiro atoms. The maximum absolute atomic E-state index is 7.75. The van der Waals surface area contributed by atoms with E-state index in [4.69, 9.17) is 13.0 Å². The molecule has 0 fully saturated rings. The number of aromatic nitrogens is 2. The maximum atomic E-state index is 7.75. The monoisotopic (exact) mass is 729 g/mol. The van der Waals surface area contributed by atoms with E-state index in [1.807, 2.05) is 60.8 Å². The Morgan fingerprint density at radius 1 is 0.795 bits per heavy atom. The van der Waals surface area contributed by atoms with Crippen LogP contribution in [0.1, 0.15) is 19.4 Å². The molecule has 199 valence electrons. The first-order valence-electron chi connectivity index (χ1n) is 15.2. The molecule has 0 saturated heterocycles. The summed E-state index contributed by atoms with van der Waals surface area (Å²) in [5, 5.41) is 1.40. The van der Waals surface area contributed by atoms with E-state index in [1.165, 1.54) is 23.0 Å². The largest absolute Gasteiger partial charge is 0.499 e. The van der Waals surface area contributed by atoms with Crippen LogP contribution in [0, 0.1) is 25.8 Å². The normalized spacial score (nSPS) is 14.5. The third-order valence-electron chi connectivity index (χ3n) is 5.97. The van der Waals surface area contributed by atoms with Crippen molar-refractivity contribution in [3.63, 3.8) is 0 Å². The summed E-state index contributed by atoms with van der Waals surface area (Å²) in [6.45, 7) is 1.84. The number of hydrogen-bond donors (Lipinski definition) is 0. The Morgan fingerprint density at radius 3 is 2.31 bits per heavy atom. The first-order valence-corrected chi connectivity index (χ1v) is 16.5. The van der Waals surface area contributed by atoms with E-state index in [1.54, 1.807) is 6.07 Å². The van der Waals surface area contributed by atoms with Crippen LogP contribution in [-0.2, 0) is 20.1 Å². The van der Waals surface area contributed by atoms with E-state index in [0.717, 1.165) is 27.2 Å². The summed E-state index contributed by atoms with van der Waals surface area (Å²) in [5.41, 5.74) is 2.33. The summed E-state index contributed by atoms with van der Waals surface area (Å²) in [5.74, 6) is 1.22. The van der Waals surface area contributed by atoms with E-state index < -0.39 is 21.8 Å². The number of pyridine rings is 2. The fourth-order valence-electron chi connectivity index (χ4n) is 3.83. The maximum Gasteiger partial charge on any atom is 0.128 e. The molecular weight excluding hydrogens is 693 g/mol. The summed E-state index contributed by atoms with van der Waals surface area (Å²) in [4.78, 5) is 10.6. The van der Waals surface area contributed by atoms with Crippen LogP contribution in [0.2, 0.25) is 19.6 Å². The van der Waals surface area contributed by atoms with Gasteiger partial charge in [-0.25, -0.2) is 0 Å². The van der Waals surface area contributed by atoms with Gasteiger partial charge in [0.1, 0.15) is 5.75 Å². The number of aryl methyl sites for hydroxylation is 2. The van der Waals surface area contributed by atoms with Gasteiger partial charge in [-0.15, -0.1) is 65.9 Å². The second kappa shape index (κ2) is 12.4. The molecule has 0 aliphatic carbocycles. The predicted molar refractivity (Wildman–Crippen MR) is 160 cm³/mol. The van der Waals surface area contributed by atoms with Crippen LogP contribution in [0.3, 0.4) is 0 Å². The summed E-state index contributed by atoms with van der Waals surface area (Å²) in [7, 11) is -1.23. The molecule has 1 aliphatic heterocycles. The standard InChI is InChI=1S/C19H14NOS.C14H16NSi.Ir/c1-12-10-15(20-11-13(12)2)14-6-5-9-18-19(14)21-16-7-3-4-8-17(16)22-18;1-16(2,3)13-9-10-14(15-11-13)12-7-5-4-6-8-12;/h3-5,7-11H,1-2H3;4-7,9-11H,1-3H3;/q2*-1;/i1D3,2D3;;. The van der Waals surface area contributed by atoms with Crippen LogP contribution in [0.25, 0.3) is 22.5 Å². The van der Waals surface area contributed by atoms with Crippen molar-refractivity contribution in [1.82, 2.24) is 9.97 Å². The molecule has 0 atom stereocenters. The zero-order valence-electron chi connectivity index (χ0n) is 27.7. The summed E-state index contributed by atoms with van der Waals surface area (Å²) >= 11 is 1.53. The topological polar surface area (TPSA) is 35.0 Å². The number of ether oxygens (including phenoxy) is 1. The number of rotatable bonds is 3. The van der Waals surface area contributed by atoms with E-state index in [-0.39, 0.29) is 31.2 Å². The predicted octanol–water partition coefficient (Wildman–Crippen LogP) is 8.51. The number of benzene rings is 3. The van der Waals surface area contributed by atoms with Gasteiger partial charge in [0.2, 0.25) is 0 Å². The van der Waals surface area contributed by atoms with Crippen LogP contribution >= 0.6 is 11.8 Å². The van der Waals surface area contributed by atoms with Crippen molar-refractivity contribution >= 4 is 25.0 Å². The van der Waals surface area contributed by atoms with Gasteiger partial charge in [-0.3, -0.25) is 0 Å². The molecule has 0 N–H and O–H groups in total. The second-order valence-electron chi connectivity index (χ2n) is 9.77. The zero-order valence-corrected chi connectivity index (χ0v) is 25.9. The minimum absolute atomic E-state index is 0. The smallest absolute Gasteiger partial charge is 0.128 e. The van der Waals surface area contributed by atoms with Crippen molar-refractivity contribution in [3.8, 4) is 34.0 Å². The van der Waals surface area contributed by atoms with Crippen molar-refractivity contribution in [2.45, 2.75) is 43.1 Å². The number of hydrogen-bond acceptors (Lipinski definition) is 4. The van der Waals surface area contributed by atoms with Gasteiger partial charge in [-0.05, 0) is 52.9 Å². The van der Waals surface area contributed by atoms with Gasteiger partial charge >= 0.3 is 0 Å². The second-order valence-corrected chi connectivity index (χ2v) is 15.9. The average molecular weight is 729 g/mol. The quantitative estimate of drug-likeness (QED) is 0.135. The van der Waals surface area contributed by atoms with Crippen molar-refractivity contribution in [2.24, 2.45) is 0 Å². The molecule has 1 aliphatic rings. The van der Waals surface area contributed by atoms with Gasteiger partial charge in [0.05, 0.1) is 18.7 Å². The Kier molecular flexibility index (Phi) is 6.94. The molecule has 5 aromatic rings. The molecule has 0 bridgehead atoms. The summed E-state index contributed by atoms with van der Waals surface area (Å²) in [6, 6.07) is 31.0. The first-order chi connectivity index (χ1) is 20.7. The zero-order chi connectivity index (χ0) is 31.7. The Hall–Kier alpha value is -3.02. The molecule has 0 unspecified atom stereocenters. The molecule has 6 rings (SSSR count). The summed E-state index contributed by atoms with van der Waals surface area (Å²) in [6.07, 6.45) is 3.13. The minimum Gasteiger partial charge on any atom is -0.499 e. The molecule has 3 nitrogen and oxygen atoms in total. The Morgan fingerprint density at radius 2 is 1.59 bits per heavy atom. The van der Waals surface area contributed by atoms with E-state index >= 15 is 0 Å². The van der Waals surface area contributed by atoms with Crippen molar-refractivity contribution < 1.29 is 33.1 Å². The molecule has 1 radical (unpaired) electrons. The molecule has 3 heterocycles. The van der Waals surface area contributed by atoms with Crippen molar-refractivity contribution in [1.29, 1.82) is 0 Å². The molecule has 0 saturated carbocycles. The number of nitrogens with zero attached hydrogens (tertiary/aromatic N) is 2. The molecule has 0 amide bonds. The van der Waals surface area contributed by atoms with Gasteiger partial charge in [0.15, 0.2) is 0 Å². The molecule has 6 heteroatoms. The molecule has 3 aromatic carbocycles. The molecular formula is C33H30IrN2OSSi-2. The Balaban J connectivity index is 0.000000231. The van der Waals surface area contributed by atoms with Crippen LogP contribution in [0.4, 0.5) is 0 Å². The van der Waals surface area contributed by atoms with Gasteiger partial charge < -0.3 is 14.7 Å². The van der Waals surface area contributed by atoms with Gasteiger partial charge in [-0.1, -0.05) is 61.1 Å². The number of para-hydroxylation sites is 1. The van der Waals surface area contributed by atoms with E-state index in [0.29, 0.717) is 22.8 Å². The van der Waals surface area contributed by atoms with Gasteiger partial charge in [0, 0.05) is 40.7 Å².